The quantitative estimate of drug-likeness (QED) is 0.213. The number of oxime groups is 1. The molecular formula is C74H172N14O2S2. The second-order valence-corrected chi connectivity index (χ2v) is 11.3. The summed E-state index contributed by atoms with van der Waals surface area (Å²) in [5.41, 5.74) is 4.69. The summed E-state index contributed by atoms with van der Waals surface area (Å²) in [6.45, 7) is 87.6. The maximum atomic E-state index is 4.65. The molecule has 0 atom stereocenters. The Bertz CT molecular complexity index is 1000. The van der Waals surface area contributed by atoms with Crippen LogP contribution in [0.5, 0.6) is 0 Å². The van der Waals surface area contributed by atoms with Gasteiger partial charge in [-0.2, -0.15) is 5.10 Å². The van der Waals surface area contributed by atoms with E-state index in [1.165, 1.54) is 37.1 Å². The third-order valence-corrected chi connectivity index (χ3v) is 6.70. The van der Waals surface area contributed by atoms with Gasteiger partial charge in [-0.1, -0.05) is 294 Å². The van der Waals surface area contributed by atoms with Gasteiger partial charge in [0.05, 0.1) is 25.0 Å². The molecule has 92 heavy (non-hydrogen) atoms. The molecule has 0 spiro atoms. The molecule has 8 aliphatic rings. The molecule has 0 aliphatic carbocycles. The molecule has 2 aromatic heterocycles. The molecule has 18 heteroatoms. The number of rotatable bonds is 0. The Morgan fingerprint density at radius 3 is 1.00 bits per heavy atom. The molecule has 0 amide bonds. The van der Waals surface area contributed by atoms with Gasteiger partial charge in [0.15, 0.2) is 6.40 Å². The van der Waals surface area contributed by atoms with Gasteiger partial charge in [0.1, 0.15) is 19.5 Å². The maximum absolute atomic E-state index is 4.65. The average Bonchev–Trinajstić information content (AvgIpc) is 4.55. The molecule has 16 nitrogen and oxygen atoms in total. The van der Waals surface area contributed by atoms with E-state index in [9.17, 15) is 0 Å². The number of aromatic nitrogens is 4. The fourth-order valence-corrected chi connectivity index (χ4v) is 3.98. The lowest BCUT2D eigenvalue weighted by Crippen LogP contribution is -2.04. The van der Waals surface area contributed by atoms with E-state index in [2.05, 4.69) is 86.3 Å². The number of allylic oxidation sites excluding steroid dienone is 1. The van der Waals surface area contributed by atoms with Crippen molar-refractivity contribution in [2.24, 2.45) is 34.6 Å². The van der Waals surface area contributed by atoms with Crippen molar-refractivity contribution >= 4 is 66.9 Å². The monoisotopic (exact) mass is 1350 g/mol. The van der Waals surface area contributed by atoms with E-state index in [1.807, 2.05) is 313 Å². The van der Waals surface area contributed by atoms with Crippen LogP contribution in [0.15, 0.2) is 109 Å². The lowest BCUT2D eigenvalue weighted by molar-refractivity contribution is 0.174. The van der Waals surface area contributed by atoms with Crippen LogP contribution in [0.4, 0.5) is 0 Å². The SMILES string of the molecule is C1=CN=CC1.C1=CNCC1.C1=NCCN1.C1=NCCO1.C1=NCCS1.C1=NNCC1.C1=NOCC1.C1=NSCC1.CC.CC.CC.CC.CC.CC.CC.CC.CC.CC.CC.CC.CC.CC.CC.CC.CC.CC.CC.CC.c1cnccn1.c1cncnc1. The van der Waals surface area contributed by atoms with E-state index < -0.39 is 0 Å². The first-order chi connectivity index (χ1) is 46.0. The topological polar surface area (TPSA) is 193 Å². The van der Waals surface area contributed by atoms with Crippen LogP contribution in [0.1, 0.15) is 309 Å². The van der Waals surface area contributed by atoms with E-state index >= 15 is 0 Å². The van der Waals surface area contributed by atoms with Crippen molar-refractivity contribution in [1.29, 1.82) is 0 Å². The van der Waals surface area contributed by atoms with Crippen LogP contribution >= 0.6 is 23.7 Å². The third kappa shape index (κ3) is 271. The van der Waals surface area contributed by atoms with Crippen molar-refractivity contribution in [3.63, 3.8) is 0 Å². The second kappa shape index (κ2) is 281. The van der Waals surface area contributed by atoms with Crippen LogP contribution in [0.25, 0.3) is 0 Å². The molecule has 0 saturated heterocycles. The number of hydrazone groups is 1. The summed E-state index contributed by atoms with van der Waals surface area (Å²) in [6, 6.07) is 1.78. The fourth-order valence-electron chi connectivity index (χ4n) is 2.93. The average molecular weight is 1350 g/mol. The number of ether oxygens (including phenoxy) is 1. The highest BCUT2D eigenvalue weighted by molar-refractivity contribution is 8.12. The van der Waals surface area contributed by atoms with Crippen LogP contribution < -0.4 is 16.1 Å². The minimum Gasteiger partial charge on any atom is -0.482 e. The van der Waals surface area contributed by atoms with Gasteiger partial charge in [0, 0.05) is 125 Å². The van der Waals surface area contributed by atoms with Gasteiger partial charge in [0.25, 0.3) is 0 Å². The summed E-state index contributed by atoms with van der Waals surface area (Å²) in [5, 5.41) is 13.1. The molecular weight excluding hydrogens is 1180 g/mol. The van der Waals surface area contributed by atoms with Gasteiger partial charge in [-0.15, -0.1) is 11.8 Å². The Morgan fingerprint density at radius 1 is 0.391 bits per heavy atom. The van der Waals surface area contributed by atoms with Crippen molar-refractivity contribution < 1.29 is 9.57 Å². The molecule has 0 aromatic carbocycles. The number of hydrogen-bond acceptors (Lipinski definition) is 18. The van der Waals surface area contributed by atoms with Crippen molar-refractivity contribution in [3.8, 4) is 0 Å². The molecule has 3 N–H and O–H groups in total. The molecule has 0 bridgehead atoms. The Kier molecular flexibility index (Phi) is 438. The molecule has 0 radical (unpaired) electrons. The van der Waals surface area contributed by atoms with Crippen LogP contribution in [0, 0.1) is 0 Å². The van der Waals surface area contributed by atoms with Gasteiger partial charge >= 0.3 is 0 Å². The zero-order valence-electron chi connectivity index (χ0n) is 69.6. The predicted octanol–water partition coefficient (Wildman–Crippen LogP) is 24.8. The van der Waals surface area contributed by atoms with Crippen LogP contribution in [-0.2, 0) is 9.57 Å². The van der Waals surface area contributed by atoms with Gasteiger partial charge in [-0.05, 0) is 37.1 Å². The minimum atomic E-state index is 0.778. The van der Waals surface area contributed by atoms with Gasteiger partial charge in [0.2, 0.25) is 0 Å². The zero-order chi connectivity index (χ0) is 76.8. The van der Waals surface area contributed by atoms with E-state index in [-0.39, 0.29) is 0 Å². The van der Waals surface area contributed by atoms with Gasteiger partial charge in [-0.25, -0.2) is 14.4 Å². The predicted molar refractivity (Wildman–Crippen MR) is 447 cm³/mol. The summed E-state index contributed by atoms with van der Waals surface area (Å²) >= 11 is 3.43. The highest BCUT2D eigenvalue weighted by Crippen LogP contribution is 2.07. The van der Waals surface area contributed by atoms with Gasteiger partial charge in [-0.3, -0.25) is 29.9 Å². The lowest BCUT2D eigenvalue weighted by atomic mass is 10.5. The molecule has 10 rings (SSSR count). The van der Waals surface area contributed by atoms with E-state index in [0.29, 0.717) is 0 Å². The summed E-state index contributed by atoms with van der Waals surface area (Å²) in [4.78, 5) is 34.6. The Balaban J connectivity index is -0.0000000329. The van der Waals surface area contributed by atoms with Crippen LogP contribution in [0.2, 0.25) is 0 Å². The summed E-state index contributed by atoms with van der Waals surface area (Å²) in [6.07, 6.45) is 35.5. The fraction of sp³-hybridized carbons (Fsp3) is 0.743. The van der Waals surface area contributed by atoms with Crippen LogP contribution in [-0.4, -0.2) is 127 Å². The highest BCUT2D eigenvalue weighted by Gasteiger charge is 1.88. The zero-order valence-corrected chi connectivity index (χ0v) is 71.3. The molecule has 562 valence electrons. The van der Waals surface area contributed by atoms with Crippen LogP contribution in [0.3, 0.4) is 0 Å². The molecule has 10 heterocycles. The molecule has 0 unspecified atom stereocenters. The molecule has 0 saturated carbocycles. The molecule has 0 fully saturated rings. The Morgan fingerprint density at radius 2 is 0.891 bits per heavy atom. The van der Waals surface area contributed by atoms with Crippen molar-refractivity contribution in [2.45, 2.75) is 309 Å². The maximum Gasteiger partial charge on any atom is 0.169 e. The number of nitrogens with zero attached hydrogens (tertiary/aromatic N) is 11. The summed E-state index contributed by atoms with van der Waals surface area (Å²) in [5.74, 6) is 2.39. The smallest absolute Gasteiger partial charge is 0.169 e. The lowest BCUT2D eigenvalue weighted by Gasteiger charge is -1.78. The normalized spacial score (nSPS) is 10.8. The molecule has 8 aliphatic heterocycles. The van der Waals surface area contributed by atoms with Crippen molar-refractivity contribution in [2.75, 3.05) is 64.0 Å². The highest BCUT2D eigenvalue weighted by atomic mass is 32.2. The Labute approximate surface area is 591 Å². The first-order valence-corrected chi connectivity index (χ1v) is 38.9. The van der Waals surface area contributed by atoms with Crippen molar-refractivity contribution in [3.05, 3.63) is 74.1 Å². The largest absolute Gasteiger partial charge is 0.482 e. The Hall–Kier alpha value is -4.97. The third-order valence-electron chi connectivity index (χ3n) is 5.27. The number of thioether (sulfide) groups is 1. The first kappa shape index (κ1) is 143. The van der Waals surface area contributed by atoms with Gasteiger partial charge < -0.3 is 25.6 Å². The standard InChI is InChI=1S/2C4H4N2.C4H7N.C4H5N.2C3H6N2.2C3H5NO.2C3H5NS.20C2H6/c1-2-6-4-3-5-1;1-2-5-4-6-3-1;2*1-2-4-5-3-1;1-2-5-3-4-1;1-2-4-5-3-1;1-2-5-3-4-1;1-2-4-5-3-1;1-2-5-3-4-1;1-2-4-5-3-1;20*1-2/h2*1-4H;1,3,5H,2,4H2;1,3-4H,2H2;3H,1-2H2,(H,4,5);2,5H,1,3H2;3H,1-2H2;2H,1,3H2;3H,1-2H2;2H,1,3H2;20*1-2H3. The van der Waals surface area contributed by atoms with E-state index in [4.69, 9.17) is 0 Å². The summed E-state index contributed by atoms with van der Waals surface area (Å²) in [7, 11) is 0. The minimum absolute atomic E-state index is 0.778. The first-order valence-electron chi connectivity index (χ1n) is 36.9. The number of nitrogens with one attached hydrogen (secondary N) is 3. The van der Waals surface area contributed by atoms with Crippen molar-refractivity contribution in [1.82, 2.24) is 36.0 Å². The van der Waals surface area contributed by atoms with E-state index in [1.54, 1.807) is 85.7 Å². The summed E-state index contributed by atoms with van der Waals surface area (Å²) < 4.78 is 8.53. The number of hydrogen-bond donors (Lipinski definition) is 3. The number of aliphatic imine (C=N–C) groups is 4. The second-order valence-electron chi connectivity index (χ2n) is 9.48. The van der Waals surface area contributed by atoms with E-state index in [0.717, 1.165) is 71.7 Å². The molecule has 2 aromatic rings.